The van der Waals surface area contributed by atoms with Gasteiger partial charge in [0, 0.05) is 13.2 Å². The minimum Gasteiger partial charge on any atom is -0.380 e. The second-order valence-electron chi connectivity index (χ2n) is 12.1. The quantitative estimate of drug-likeness (QED) is 0.0775. The van der Waals surface area contributed by atoms with E-state index < -0.39 is 0 Å². The number of halogens is 1. The lowest BCUT2D eigenvalue weighted by Gasteiger charge is -2.13. The van der Waals surface area contributed by atoms with E-state index in [4.69, 9.17) is 15.2 Å². The first kappa shape index (κ1) is 41.3. The lowest BCUT2D eigenvalue weighted by molar-refractivity contribution is 0.0644. The summed E-state index contributed by atoms with van der Waals surface area (Å²) in [5.74, 6) is 0. The van der Waals surface area contributed by atoms with Crippen LogP contribution in [0.25, 0.3) is 0 Å². The summed E-state index contributed by atoms with van der Waals surface area (Å²) < 4.78 is 11.6. The van der Waals surface area contributed by atoms with Crippen LogP contribution in [0.1, 0.15) is 194 Å². The van der Waals surface area contributed by atoms with Crippen LogP contribution in [0.4, 0.5) is 0 Å². The van der Waals surface area contributed by atoms with Crippen LogP contribution in [-0.4, -0.2) is 32.5 Å². The lowest BCUT2D eigenvalue weighted by Crippen LogP contribution is -2.31. The molecular formula is C35H74ClNO2. The number of ether oxygens (including phenoxy) is 2. The van der Waals surface area contributed by atoms with E-state index in [0.29, 0.717) is 13.2 Å². The zero-order valence-electron chi connectivity index (χ0n) is 27.0. The Morgan fingerprint density at radius 3 is 0.795 bits per heavy atom. The third-order valence-corrected chi connectivity index (χ3v) is 7.95. The zero-order valence-corrected chi connectivity index (χ0v) is 27.8. The topological polar surface area (TPSA) is 44.5 Å². The van der Waals surface area contributed by atoms with Gasteiger partial charge in [-0.2, -0.15) is 0 Å². The van der Waals surface area contributed by atoms with E-state index in [1.807, 2.05) is 0 Å². The number of nitrogens with two attached hydrogens (primary N) is 1. The highest BCUT2D eigenvalue weighted by atomic mass is 35.5. The van der Waals surface area contributed by atoms with E-state index in [2.05, 4.69) is 13.8 Å². The SMILES string of the molecule is CCCCCCCCCCCCCCCCOCC(N)COCCCCCCCCCCCCCCCC.Cl. The smallest absolute Gasteiger partial charge is 0.0640 e. The molecule has 0 atom stereocenters. The van der Waals surface area contributed by atoms with Crippen LogP contribution in [-0.2, 0) is 9.47 Å². The molecule has 39 heavy (non-hydrogen) atoms. The van der Waals surface area contributed by atoms with E-state index in [-0.39, 0.29) is 18.4 Å². The summed E-state index contributed by atoms with van der Waals surface area (Å²) in [4.78, 5) is 0. The van der Waals surface area contributed by atoms with Crippen molar-refractivity contribution < 1.29 is 9.47 Å². The average molecular weight is 576 g/mol. The van der Waals surface area contributed by atoms with Crippen LogP contribution in [0.2, 0.25) is 0 Å². The van der Waals surface area contributed by atoms with Gasteiger partial charge in [-0.15, -0.1) is 12.4 Å². The van der Waals surface area contributed by atoms with Crippen LogP contribution in [0.3, 0.4) is 0 Å². The van der Waals surface area contributed by atoms with E-state index in [1.165, 1.54) is 180 Å². The monoisotopic (exact) mass is 576 g/mol. The molecule has 0 aliphatic heterocycles. The number of unbranched alkanes of at least 4 members (excludes halogenated alkanes) is 26. The summed E-state index contributed by atoms with van der Waals surface area (Å²) in [6.45, 7) is 7.56. The fraction of sp³-hybridized carbons (Fsp3) is 1.00. The Kier molecular flexibility index (Phi) is 40.4. The molecule has 3 nitrogen and oxygen atoms in total. The third kappa shape index (κ3) is 38.2. The van der Waals surface area contributed by atoms with Crippen molar-refractivity contribution in [3.05, 3.63) is 0 Å². The normalized spacial score (nSPS) is 11.4. The summed E-state index contributed by atoms with van der Waals surface area (Å²) in [5.41, 5.74) is 6.14. The predicted molar refractivity (Wildman–Crippen MR) is 177 cm³/mol. The number of rotatable bonds is 34. The Labute approximate surface area is 253 Å². The zero-order chi connectivity index (χ0) is 27.6. The molecule has 0 amide bonds. The van der Waals surface area contributed by atoms with Crippen molar-refractivity contribution in [2.45, 2.75) is 200 Å². The first-order valence-corrected chi connectivity index (χ1v) is 17.7. The molecule has 0 rings (SSSR count). The van der Waals surface area contributed by atoms with Crippen molar-refractivity contribution in [3.63, 3.8) is 0 Å². The molecule has 0 saturated carbocycles. The molecule has 0 unspecified atom stereocenters. The molecule has 0 aliphatic carbocycles. The molecular weight excluding hydrogens is 502 g/mol. The van der Waals surface area contributed by atoms with E-state index >= 15 is 0 Å². The van der Waals surface area contributed by atoms with Crippen molar-refractivity contribution in [2.75, 3.05) is 26.4 Å². The second kappa shape index (κ2) is 38.2. The summed E-state index contributed by atoms with van der Waals surface area (Å²) >= 11 is 0. The van der Waals surface area contributed by atoms with Crippen LogP contribution in [0.15, 0.2) is 0 Å². The van der Waals surface area contributed by atoms with Gasteiger partial charge in [0.05, 0.1) is 19.3 Å². The molecule has 0 aromatic carbocycles. The van der Waals surface area contributed by atoms with E-state index in [9.17, 15) is 0 Å². The average Bonchev–Trinajstić information content (AvgIpc) is 2.92. The minimum absolute atomic E-state index is 0. The van der Waals surface area contributed by atoms with Gasteiger partial charge in [-0.3, -0.25) is 0 Å². The Morgan fingerprint density at radius 1 is 0.359 bits per heavy atom. The highest BCUT2D eigenvalue weighted by molar-refractivity contribution is 5.85. The standard InChI is InChI=1S/C35H73NO2.ClH/c1-3-5-7-9-11-13-15-17-19-21-23-25-27-29-31-37-33-35(36)34-38-32-30-28-26-24-22-20-18-16-14-12-10-8-6-4-2;/h35H,3-34,36H2,1-2H3;1H. The van der Waals surface area contributed by atoms with Gasteiger partial charge in [-0.05, 0) is 12.8 Å². The maximum absolute atomic E-state index is 6.14. The van der Waals surface area contributed by atoms with Crippen molar-refractivity contribution in [3.8, 4) is 0 Å². The van der Waals surface area contributed by atoms with Gasteiger partial charge >= 0.3 is 0 Å². The molecule has 0 aliphatic rings. The molecule has 0 aromatic heterocycles. The Bertz CT molecular complexity index is 374. The van der Waals surface area contributed by atoms with Crippen LogP contribution in [0.5, 0.6) is 0 Å². The maximum Gasteiger partial charge on any atom is 0.0640 e. The highest BCUT2D eigenvalue weighted by Gasteiger charge is 2.03. The van der Waals surface area contributed by atoms with Gasteiger partial charge in [0.15, 0.2) is 0 Å². The molecule has 238 valence electrons. The fourth-order valence-electron chi connectivity index (χ4n) is 5.31. The minimum atomic E-state index is 0. The maximum atomic E-state index is 6.14. The Hall–Kier alpha value is 0.170. The van der Waals surface area contributed by atoms with Crippen molar-refractivity contribution in [2.24, 2.45) is 5.73 Å². The van der Waals surface area contributed by atoms with Crippen molar-refractivity contribution in [1.29, 1.82) is 0 Å². The van der Waals surface area contributed by atoms with E-state index in [0.717, 1.165) is 13.2 Å². The Morgan fingerprint density at radius 2 is 0.564 bits per heavy atom. The van der Waals surface area contributed by atoms with Crippen LogP contribution < -0.4 is 5.73 Å². The molecule has 0 saturated heterocycles. The summed E-state index contributed by atoms with van der Waals surface area (Å²) in [5, 5.41) is 0. The van der Waals surface area contributed by atoms with Crippen molar-refractivity contribution >= 4 is 12.4 Å². The summed E-state index contributed by atoms with van der Waals surface area (Å²) in [6, 6.07) is 0.0216. The molecule has 0 spiro atoms. The van der Waals surface area contributed by atoms with Gasteiger partial charge in [0.2, 0.25) is 0 Å². The van der Waals surface area contributed by atoms with Gasteiger partial charge in [0.25, 0.3) is 0 Å². The highest BCUT2D eigenvalue weighted by Crippen LogP contribution is 2.14. The Balaban J connectivity index is 0. The van der Waals surface area contributed by atoms with Gasteiger partial charge < -0.3 is 15.2 Å². The van der Waals surface area contributed by atoms with E-state index in [1.54, 1.807) is 0 Å². The fourth-order valence-corrected chi connectivity index (χ4v) is 5.31. The first-order valence-electron chi connectivity index (χ1n) is 17.7. The third-order valence-electron chi connectivity index (χ3n) is 7.95. The largest absolute Gasteiger partial charge is 0.380 e. The molecule has 0 radical (unpaired) electrons. The second-order valence-corrected chi connectivity index (χ2v) is 12.1. The summed E-state index contributed by atoms with van der Waals surface area (Å²) in [6.07, 6.45) is 39.1. The predicted octanol–water partition coefficient (Wildman–Crippen LogP) is 11.7. The summed E-state index contributed by atoms with van der Waals surface area (Å²) in [7, 11) is 0. The number of hydrogen-bond donors (Lipinski definition) is 1. The molecule has 0 fully saturated rings. The van der Waals surface area contributed by atoms with Crippen LogP contribution >= 0.6 is 12.4 Å². The lowest BCUT2D eigenvalue weighted by atomic mass is 10.0. The molecule has 0 heterocycles. The molecule has 4 heteroatoms. The van der Waals surface area contributed by atoms with Crippen LogP contribution in [0, 0.1) is 0 Å². The first-order chi connectivity index (χ1) is 18.8. The number of hydrogen-bond acceptors (Lipinski definition) is 3. The van der Waals surface area contributed by atoms with Gasteiger partial charge in [0.1, 0.15) is 0 Å². The molecule has 0 aromatic rings. The van der Waals surface area contributed by atoms with Crippen molar-refractivity contribution in [1.82, 2.24) is 0 Å². The van der Waals surface area contributed by atoms with Gasteiger partial charge in [-0.25, -0.2) is 0 Å². The molecule has 0 bridgehead atoms. The molecule has 2 N–H and O–H groups in total. The van der Waals surface area contributed by atoms with Gasteiger partial charge in [-0.1, -0.05) is 181 Å².